The molecule has 5 rings (SSSR count). The Morgan fingerprint density at radius 3 is 2.62 bits per heavy atom. The molecular weight excluding hydrogens is 366 g/mol. The van der Waals surface area contributed by atoms with E-state index in [1.54, 1.807) is 6.26 Å². The second-order valence-corrected chi connectivity index (χ2v) is 9.36. The van der Waals surface area contributed by atoms with Crippen LogP contribution < -0.4 is 10.6 Å². The summed E-state index contributed by atoms with van der Waals surface area (Å²) in [4.78, 5) is 27.5. The van der Waals surface area contributed by atoms with E-state index in [4.69, 9.17) is 4.42 Å². The minimum atomic E-state index is -0.0678. The van der Waals surface area contributed by atoms with Crippen LogP contribution in [-0.4, -0.2) is 47.4 Å². The maximum Gasteiger partial charge on any atom is 0.255 e. The Bertz CT molecular complexity index is 918. The van der Waals surface area contributed by atoms with Gasteiger partial charge in [-0.15, -0.1) is 0 Å². The van der Waals surface area contributed by atoms with Gasteiger partial charge >= 0.3 is 0 Å². The molecule has 1 aromatic heterocycles. The first-order valence-corrected chi connectivity index (χ1v) is 10.8. The van der Waals surface area contributed by atoms with Crippen molar-refractivity contribution in [2.45, 2.75) is 63.1 Å². The molecule has 2 unspecified atom stereocenters. The highest BCUT2D eigenvalue weighted by atomic mass is 16.3. The van der Waals surface area contributed by atoms with E-state index in [9.17, 15) is 9.59 Å². The Labute approximate surface area is 171 Å². The fraction of sp³-hybridized carbons (Fsp3) is 0.565. The monoisotopic (exact) mass is 395 g/mol. The number of fused-ring (bicyclic) bond motifs is 3. The summed E-state index contributed by atoms with van der Waals surface area (Å²) in [6, 6.07) is 8.54. The summed E-state index contributed by atoms with van der Waals surface area (Å²) < 4.78 is 5.49. The van der Waals surface area contributed by atoms with Crippen molar-refractivity contribution in [2.24, 2.45) is 5.92 Å². The van der Waals surface area contributed by atoms with Crippen LogP contribution in [0.5, 0.6) is 0 Å². The first-order chi connectivity index (χ1) is 14.0. The molecule has 154 valence electrons. The summed E-state index contributed by atoms with van der Waals surface area (Å²) >= 11 is 0. The highest BCUT2D eigenvalue weighted by Gasteiger charge is 2.43. The summed E-state index contributed by atoms with van der Waals surface area (Å²) in [6.45, 7) is 3.33. The van der Waals surface area contributed by atoms with Gasteiger partial charge in [0.2, 0.25) is 5.91 Å². The van der Waals surface area contributed by atoms with E-state index in [0.29, 0.717) is 36.7 Å². The lowest BCUT2D eigenvalue weighted by atomic mass is 9.90. The molecule has 0 spiro atoms. The van der Waals surface area contributed by atoms with Gasteiger partial charge in [-0.25, -0.2) is 0 Å². The van der Waals surface area contributed by atoms with Gasteiger partial charge in [-0.3, -0.25) is 14.5 Å². The molecule has 1 aliphatic carbocycles. The summed E-state index contributed by atoms with van der Waals surface area (Å²) in [6.07, 6.45) is 8.16. The maximum absolute atomic E-state index is 12.7. The molecule has 2 bridgehead atoms. The number of benzene rings is 1. The number of hydrogen-bond donors (Lipinski definition) is 2. The van der Waals surface area contributed by atoms with E-state index in [1.165, 1.54) is 0 Å². The standard InChI is InChI=1S/C23H29N3O3/c1-23(8-9-23)25-21(27)13-26-16-6-7-17(26)11-15(10-16)12-24-22(28)19-14-29-20-5-3-2-4-18(19)20/h2-5,14-17H,6-13H2,1H3,(H,24,28)(H,25,27). The van der Waals surface area contributed by atoms with Crippen molar-refractivity contribution in [1.82, 2.24) is 15.5 Å². The van der Waals surface area contributed by atoms with Gasteiger partial charge in [-0.2, -0.15) is 0 Å². The van der Waals surface area contributed by atoms with Crippen molar-refractivity contribution in [3.05, 3.63) is 36.1 Å². The van der Waals surface area contributed by atoms with Crippen LogP contribution in [0.3, 0.4) is 0 Å². The van der Waals surface area contributed by atoms with Crippen LogP contribution in [0, 0.1) is 5.92 Å². The van der Waals surface area contributed by atoms with Gasteiger partial charge in [0.05, 0.1) is 12.1 Å². The summed E-state index contributed by atoms with van der Waals surface area (Å²) in [5, 5.41) is 7.15. The zero-order chi connectivity index (χ0) is 20.0. The fourth-order valence-electron chi connectivity index (χ4n) is 5.15. The summed E-state index contributed by atoms with van der Waals surface area (Å²) in [5.41, 5.74) is 1.39. The molecule has 2 aliphatic heterocycles. The Morgan fingerprint density at radius 1 is 1.17 bits per heavy atom. The number of rotatable bonds is 6. The molecule has 3 heterocycles. The number of nitrogens with one attached hydrogen (secondary N) is 2. The minimum Gasteiger partial charge on any atom is -0.463 e. The molecule has 29 heavy (non-hydrogen) atoms. The second-order valence-electron chi connectivity index (χ2n) is 9.36. The van der Waals surface area contributed by atoms with Crippen molar-refractivity contribution in [3.8, 4) is 0 Å². The van der Waals surface area contributed by atoms with Crippen LogP contribution in [0.1, 0.15) is 55.8 Å². The summed E-state index contributed by atoms with van der Waals surface area (Å²) in [5.74, 6) is 0.567. The van der Waals surface area contributed by atoms with Crippen LogP contribution >= 0.6 is 0 Å². The highest BCUT2D eigenvalue weighted by molar-refractivity contribution is 6.05. The average molecular weight is 396 g/mol. The third-order valence-corrected chi connectivity index (χ3v) is 7.03. The number of hydrogen-bond acceptors (Lipinski definition) is 4. The van der Waals surface area contributed by atoms with Crippen molar-refractivity contribution >= 4 is 22.8 Å². The molecule has 2 N–H and O–H groups in total. The van der Waals surface area contributed by atoms with Gasteiger partial charge in [0.1, 0.15) is 11.8 Å². The molecule has 1 saturated carbocycles. The predicted molar refractivity (Wildman–Crippen MR) is 111 cm³/mol. The molecular formula is C23H29N3O3. The van der Waals surface area contributed by atoms with Crippen molar-refractivity contribution in [2.75, 3.05) is 13.1 Å². The third kappa shape index (κ3) is 3.78. The molecule has 1 aromatic carbocycles. The largest absolute Gasteiger partial charge is 0.463 e. The number of piperidine rings is 1. The Kier molecular flexibility index (Phi) is 4.62. The Balaban J connectivity index is 1.15. The second kappa shape index (κ2) is 7.17. The van der Waals surface area contributed by atoms with Gasteiger partial charge in [0.15, 0.2) is 0 Å². The number of furan rings is 1. The highest BCUT2D eigenvalue weighted by Crippen LogP contribution is 2.39. The van der Waals surface area contributed by atoms with Gasteiger partial charge in [-0.05, 0) is 57.4 Å². The van der Waals surface area contributed by atoms with Gasteiger partial charge in [-0.1, -0.05) is 18.2 Å². The Morgan fingerprint density at radius 2 is 1.90 bits per heavy atom. The minimum absolute atomic E-state index is 0.0516. The molecule has 2 atom stereocenters. The number of para-hydroxylation sites is 1. The molecule has 6 heteroatoms. The first-order valence-electron chi connectivity index (χ1n) is 10.8. The van der Waals surface area contributed by atoms with E-state index in [0.717, 1.165) is 49.5 Å². The third-order valence-electron chi connectivity index (χ3n) is 7.03. The lowest BCUT2D eigenvalue weighted by Crippen LogP contribution is -2.50. The topological polar surface area (TPSA) is 74.6 Å². The van der Waals surface area contributed by atoms with Crippen LogP contribution in [0.15, 0.2) is 34.9 Å². The zero-order valence-corrected chi connectivity index (χ0v) is 16.9. The summed E-state index contributed by atoms with van der Waals surface area (Å²) in [7, 11) is 0. The number of carbonyl (C=O) groups excluding carboxylic acids is 2. The normalized spacial score (nSPS) is 27.7. The van der Waals surface area contributed by atoms with E-state index in [2.05, 4.69) is 22.5 Å². The smallest absolute Gasteiger partial charge is 0.255 e. The van der Waals surface area contributed by atoms with Gasteiger partial charge < -0.3 is 15.1 Å². The Hall–Kier alpha value is -2.34. The molecule has 3 aliphatic rings. The van der Waals surface area contributed by atoms with Crippen LogP contribution in [0.2, 0.25) is 0 Å². The predicted octanol–water partition coefficient (Wildman–Crippen LogP) is 3.07. The van der Waals surface area contributed by atoms with E-state index in [1.807, 2.05) is 24.3 Å². The van der Waals surface area contributed by atoms with Crippen molar-refractivity contribution < 1.29 is 14.0 Å². The number of nitrogens with zero attached hydrogens (tertiary/aromatic N) is 1. The van der Waals surface area contributed by atoms with E-state index >= 15 is 0 Å². The fourth-order valence-corrected chi connectivity index (χ4v) is 5.15. The number of carbonyl (C=O) groups is 2. The quantitative estimate of drug-likeness (QED) is 0.788. The SMILES string of the molecule is CC1(NC(=O)CN2C3CCC2CC(CNC(=O)c2coc4ccccc24)C3)CC1. The van der Waals surface area contributed by atoms with E-state index < -0.39 is 0 Å². The maximum atomic E-state index is 12.7. The van der Waals surface area contributed by atoms with Crippen molar-refractivity contribution in [3.63, 3.8) is 0 Å². The van der Waals surface area contributed by atoms with Crippen molar-refractivity contribution in [1.29, 1.82) is 0 Å². The first kappa shape index (κ1) is 18.7. The van der Waals surface area contributed by atoms with Crippen LogP contribution in [-0.2, 0) is 4.79 Å². The lowest BCUT2D eigenvalue weighted by Gasteiger charge is -2.38. The van der Waals surface area contributed by atoms with E-state index in [-0.39, 0.29) is 17.4 Å². The molecule has 3 fully saturated rings. The molecule has 0 radical (unpaired) electrons. The van der Waals surface area contributed by atoms with Gasteiger partial charge in [0, 0.05) is 29.6 Å². The van der Waals surface area contributed by atoms with Gasteiger partial charge in [0.25, 0.3) is 5.91 Å². The lowest BCUT2D eigenvalue weighted by molar-refractivity contribution is -0.124. The molecule has 6 nitrogen and oxygen atoms in total. The molecule has 2 saturated heterocycles. The van der Waals surface area contributed by atoms with Crippen LogP contribution in [0.4, 0.5) is 0 Å². The van der Waals surface area contributed by atoms with Crippen LogP contribution in [0.25, 0.3) is 11.0 Å². The molecule has 2 amide bonds. The average Bonchev–Trinajstić information content (AvgIpc) is 3.18. The molecule has 2 aromatic rings. The number of amides is 2. The zero-order valence-electron chi connectivity index (χ0n) is 16.9.